The molecule has 0 spiro atoms. The van der Waals surface area contributed by atoms with Crippen LogP contribution in [0.4, 0.5) is 13.2 Å². The first-order valence-corrected chi connectivity index (χ1v) is 12.1. The van der Waals surface area contributed by atoms with E-state index in [0.29, 0.717) is 0 Å². The molecule has 0 atom stereocenters. The predicted octanol–water partition coefficient (Wildman–Crippen LogP) is 9.41. The Balaban J connectivity index is 0.000000524. The number of hydrogen-bond acceptors (Lipinski definition) is 3. The van der Waals surface area contributed by atoms with Crippen LogP contribution in [-0.4, -0.2) is 15.0 Å². The smallest absolute Gasteiger partial charge is 0.261 e. The maximum Gasteiger partial charge on any atom is 0.433 e. The summed E-state index contributed by atoms with van der Waals surface area (Å²) >= 11 is 0. The quantitative estimate of drug-likeness (QED) is 0.298. The van der Waals surface area contributed by atoms with Crippen LogP contribution in [0.25, 0.3) is 0 Å². The molecule has 37 heavy (non-hydrogen) atoms. The van der Waals surface area contributed by atoms with Crippen molar-refractivity contribution in [3.63, 3.8) is 0 Å². The highest BCUT2D eigenvalue weighted by atomic mass is 19.4. The van der Waals surface area contributed by atoms with Crippen molar-refractivity contribution >= 4 is 0 Å². The third-order valence-corrected chi connectivity index (χ3v) is 5.51. The molecule has 6 heteroatoms. The van der Waals surface area contributed by atoms with E-state index in [0.717, 1.165) is 23.0 Å². The molecule has 0 aromatic carbocycles. The fraction of sp³-hybridized carbons (Fsp3) is 0.516. The number of alkyl halides is 3. The van der Waals surface area contributed by atoms with Gasteiger partial charge in [0.1, 0.15) is 5.69 Å². The zero-order valence-corrected chi connectivity index (χ0v) is 23.7. The summed E-state index contributed by atoms with van der Waals surface area (Å²) in [6.45, 7) is 23.0. The van der Waals surface area contributed by atoms with Gasteiger partial charge in [-0.2, -0.15) is 13.2 Å². The Morgan fingerprint density at radius 1 is 0.595 bits per heavy atom. The molecule has 0 bridgehead atoms. The first-order chi connectivity index (χ1) is 16.2. The van der Waals surface area contributed by atoms with Gasteiger partial charge in [-0.15, -0.1) is 0 Å². The number of nitrogens with zero attached hydrogens (tertiary/aromatic N) is 3. The van der Waals surface area contributed by atoms with Gasteiger partial charge in [0.2, 0.25) is 0 Å². The lowest BCUT2D eigenvalue weighted by atomic mass is 9.86. The molecule has 3 heterocycles. The topological polar surface area (TPSA) is 38.7 Å². The lowest BCUT2D eigenvalue weighted by Crippen LogP contribution is -2.14. The van der Waals surface area contributed by atoms with E-state index in [1.807, 2.05) is 46.2 Å². The summed E-state index contributed by atoms with van der Waals surface area (Å²) in [4.78, 5) is 11.9. The van der Waals surface area contributed by atoms with E-state index >= 15 is 0 Å². The third kappa shape index (κ3) is 11.9. The zero-order chi connectivity index (χ0) is 27.9. The van der Waals surface area contributed by atoms with Gasteiger partial charge in [0.15, 0.2) is 0 Å². The average molecular weight is 518 g/mol. The van der Waals surface area contributed by atoms with Crippen LogP contribution >= 0.6 is 0 Å². The van der Waals surface area contributed by atoms with Gasteiger partial charge in [-0.3, -0.25) is 15.0 Å². The molecule has 3 aromatic rings. The second-order valence-corrected chi connectivity index (χ2v) is 12.0. The summed E-state index contributed by atoms with van der Waals surface area (Å²) in [7, 11) is 0. The maximum absolute atomic E-state index is 12.2. The molecular formula is C31H46F3N3. The Labute approximate surface area is 223 Å². The summed E-state index contributed by atoms with van der Waals surface area (Å²) in [6.07, 6.45) is 0.721. The number of rotatable bonds is 0. The van der Waals surface area contributed by atoms with Crippen LogP contribution in [0.3, 0.4) is 0 Å². The van der Waals surface area contributed by atoms with Crippen molar-refractivity contribution < 1.29 is 13.2 Å². The molecule has 0 fully saturated rings. The first kappa shape index (κ1) is 34.2. The van der Waals surface area contributed by atoms with Gasteiger partial charge in [-0.1, -0.05) is 87.9 Å². The van der Waals surface area contributed by atoms with Crippen LogP contribution < -0.4 is 0 Å². The van der Waals surface area contributed by atoms with Crippen molar-refractivity contribution in [3.8, 4) is 0 Å². The van der Waals surface area contributed by atoms with E-state index in [1.165, 1.54) is 23.4 Å². The Kier molecular flexibility index (Phi) is 12.2. The fourth-order valence-electron chi connectivity index (χ4n) is 3.19. The number of halogens is 3. The highest BCUT2D eigenvalue weighted by Crippen LogP contribution is 2.29. The predicted molar refractivity (Wildman–Crippen MR) is 150 cm³/mol. The molecule has 0 unspecified atom stereocenters. The van der Waals surface area contributed by atoms with E-state index in [9.17, 15) is 13.2 Å². The van der Waals surface area contributed by atoms with Gasteiger partial charge >= 0.3 is 6.18 Å². The van der Waals surface area contributed by atoms with Crippen molar-refractivity contribution in [2.75, 3.05) is 0 Å². The van der Waals surface area contributed by atoms with Crippen LogP contribution in [0, 0.1) is 13.8 Å². The highest BCUT2D eigenvalue weighted by molar-refractivity contribution is 5.26. The van der Waals surface area contributed by atoms with E-state index in [1.54, 1.807) is 0 Å². The van der Waals surface area contributed by atoms with Crippen LogP contribution in [0.5, 0.6) is 0 Å². The van der Waals surface area contributed by atoms with Crippen molar-refractivity contribution in [1.29, 1.82) is 0 Å². The lowest BCUT2D eigenvalue weighted by molar-refractivity contribution is -0.141. The number of pyridine rings is 3. The molecule has 0 saturated heterocycles. The monoisotopic (exact) mass is 517 g/mol. The molecule has 3 rings (SSSR count). The molecular weight excluding hydrogens is 471 g/mol. The summed E-state index contributed by atoms with van der Waals surface area (Å²) in [5.41, 5.74) is 5.08. The molecule has 0 saturated carbocycles. The average Bonchev–Trinajstić information content (AvgIpc) is 2.73. The summed E-state index contributed by atoms with van der Waals surface area (Å²) in [5.74, 6) is 0. The van der Waals surface area contributed by atoms with Crippen molar-refractivity contribution in [3.05, 3.63) is 88.8 Å². The maximum atomic E-state index is 12.2. The minimum absolute atomic E-state index is 0. The standard InChI is InChI=1S/C10H12F3N.2C10H15N.CH4/c1-9(2,3)7-4-5-8(14-6-7)10(11,12)13;1-8-5-6-9(7-11-8)10(2,3)4;1-8-9(10(2,3)4)6-5-7-11-8;/h4-6H,1-3H3;2*5-7H,1-4H3;1H4. The molecule has 0 aliphatic heterocycles. The second-order valence-electron chi connectivity index (χ2n) is 12.0. The number of aryl methyl sites for hydroxylation is 2. The minimum atomic E-state index is -4.35. The second kappa shape index (κ2) is 13.2. The molecule has 0 amide bonds. The van der Waals surface area contributed by atoms with Gasteiger partial charge in [0, 0.05) is 30.0 Å². The highest BCUT2D eigenvalue weighted by Gasteiger charge is 2.32. The van der Waals surface area contributed by atoms with Gasteiger partial charge in [0.05, 0.1) is 0 Å². The largest absolute Gasteiger partial charge is 0.433 e. The van der Waals surface area contributed by atoms with Crippen molar-refractivity contribution in [1.82, 2.24) is 15.0 Å². The third-order valence-electron chi connectivity index (χ3n) is 5.51. The zero-order valence-electron chi connectivity index (χ0n) is 23.7. The van der Waals surface area contributed by atoms with Gasteiger partial charge in [0.25, 0.3) is 0 Å². The molecule has 3 nitrogen and oxygen atoms in total. The van der Waals surface area contributed by atoms with Crippen molar-refractivity contribution in [2.45, 2.75) is 106 Å². The molecule has 0 radical (unpaired) electrons. The SMILES string of the molecule is C.CC(C)(C)c1ccc(C(F)(F)F)nc1.Cc1ccc(C(C)(C)C)cn1.Cc1ncccc1C(C)(C)C. The Morgan fingerprint density at radius 2 is 1.08 bits per heavy atom. The van der Waals surface area contributed by atoms with Crippen LogP contribution in [-0.2, 0) is 22.4 Å². The van der Waals surface area contributed by atoms with Crippen LogP contribution in [0.1, 0.15) is 104 Å². The van der Waals surface area contributed by atoms with E-state index in [-0.39, 0.29) is 23.7 Å². The first-order valence-electron chi connectivity index (χ1n) is 12.1. The molecule has 0 aliphatic rings. The molecule has 0 aliphatic carbocycles. The number of aromatic nitrogens is 3. The van der Waals surface area contributed by atoms with Gasteiger partial charge < -0.3 is 0 Å². The number of hydrogen-bond donors (Lipinski definition) is 0. The molecule has 3 aromatic heterocycles. The Hall–Kier alpha value is -2.76. The summed E-state index contributed by atoms with van der Waals surface area (Å²) in [5, 5.41) is 0. The summed E-state index contributed by atoms with van der Waals surface area (Å²) in [6, 6.07) is 10.8. The molecule has 0 N–H and O–H groups in total. The van der Waals surface area contributed by atoms with E-state index < -0.39 is 11.9 Å². The molecule has 206 valence electrons. The Bertz CT molecular complexity index is 1030. The Morgan fingerprint density at radius 3 is 1.38 bits per heavy atom. The van der Waals surface area contributed by atoms with Gasteiger partial charge in [-0.05, 0) is 65.0 Å². The van der Waals surface area contributed by atoms with Gasteiger partial charge in [-0.25, -0.2) is 0 Å². The normalized spacial score (nSPS) is 11.8. The lowest BCUT2D eigenvalue weighted by Gasteiger charge is -2.20. The fourth-order valence-corrected chi connectivity index (χ4v) is 3.19. The van der Waals surface area contributed by atoms with Crippen LogP contribution in [0.15, 0.2) is 55.0 Å². The van der Waals surface area contributed by atoms with E-state index in [2.05, 4.69) is 81.6 Å². The van der Waals surface area contributed by atoms with E-state index in [4.69, 9.17) is 0 Å². The minimum Gasteiger partial charge on any atom is -0.261 e. The van der Waals surface area contributed by atoms with Crippen molar-refractivity contribution in [2.24, 2.45) is 0 Å². The summed E-state index contributed by atoms with van der Waals surface area (Å²) < 4.78 is 36.5. The van der Waals surface area contributed by atoms with Crippen LogP contribution in [0.2, 0.25) is 0 Å².